The normalized spacial score (nSPS) is 18.2. The molecule has 0 aliphatic carbocycles. The Morgan fingerprint density at radius 3 is 1.00 bits per heavy atom. The predicted molar refractivity (Wildman–Crippen MR) is 360 cm³/mol. The fourth-order valence-corrected chi connectivity index (χ4v) is 12.4. The van der Waals surface area contributed by atoms with Crippen molar-refractivity contribution in [3.63, 3.8) is 0 Å². The van der Waals surface area contributed by atoms with E-state index in [0.29, 0.717) is 6.42 Å². The van der Waals surface area contributed by atoms with Gasteiger partial charge < -0.3 is 40.3 Å². The molecule has 9 heteroatoms. The Morgan fingerprint density at radius 1 is 0.393 bits per heavy atom. The van der Waals surface area contributed by atoms with Crippen molar-refractivity contribution in [2.24, 2.45) is 0 Å². The van der Waals surface area contributed by atoms with Crippen molar-refractivity contribution < 1.29 is 39.8 Å². The summed E-state index contributed by atoms with van der Waals surface area (Å²) in [4.78, 5) is 13.1. The van der Waals surface area contributed by atoms with Gasteiger partial charge in [-0.25, -0.2) is 0 Å². The Labute approximate surface area is 521 Å². The zero-order valence-corrected chi connectivity index (χ0v) is 55.9. The van der Waals surface area contributed by atoms with Gasteiger partial charge in [0.15, 0.2) is 6.29 Å². The van der Waals surface area contributed by atoms with Crippen LogP contribution < -0.4 is 5.32 Å². The first-order chi connectivity index (χ1) is 41.3. The van der Waals surface area contributed by atoms with Gasteiger partial charge in [-0.3, -0.25) is 4.79 Å². The lowest BCUT2D eigenvalue weighted by Gasteiger charge is -2.40. The molecule has 7 unspecified atom stereocenters. The molecule has 1 amide bonds. The van der Waals surface area contributed by atoms with Crippen LogP contribution in [0.5, 0.6) is 0 Å². The molecule has 84 heavy (non-hydrogen) atoms. The van der Waals surface area contributed by atoms with Gasteiger partial charge >= 0.3 is 0 Å². The second kappa shape index (κ2) is 64.6. The molecule has 0 spiro atoms. The SMILES string of the molecule is CCCCCCCCCCCCCCCCCCC/C=C/CC/C=C/C(O)C(COC1OC(CO)C(O)C(O)C1O)NC(=O)CCCCCCCCCCCCCCCCCCCCCCCCCCCCCCCCCCCCCCCC. The lowest BCUT2D eigenvalue weighted by atomic mass is 9.99. The van der Waals surface area contributed by atoms with E-state index in [1.165, 1.54) is 334 Å². The molecule has 0 aromatic rings. The van der Waals surface area contributed by atoms with E-state index in [1.54, 1.807) is 6.08 Å². The van der Waals surface area contributed by atoms with E-state index >= 15 is 0 Å². The highest BCUT2D eigenvalue weighted by atomic mass is 16.7. The number of nitrogens with one attached hydrogen (secondary N) is 1. The zero-order chi connectivity index (χ0) is 60.7. The number of ether oxygens (including phenoxy) is 2. The second-order valence-corrected chi connectivity index (χ2v) is 26.4. The fraction of sp³-hybridized carbons (Fsp3) is 0.933. The van der Waals surface area contributed by atoms with Crippen LogP contribution in [0.4, 0.5) is 0 Å². The van der Waals surface area contributed by atoms with Crippen LogP contribution in [0.2, 0.25) is 0 Å². The second-order valence-electron chi connectivity index (χ2n) is 26.4. The maximum atomic E-state index is 13.1. The van der Waals surface area contributed by atoms with Crippen LogP contribution in [0.25, 0.3) is 0 Å². The van der Waals surface area contributed by atoms with Gasteiger partial charge in [0, 0.05) is 6.42 Å². The Balaban J connectivity index is 2.06. The van der Waals surface area contributed by atoms with Gasteiger partial charge in [-0.05, 0) is 32.1 Å². The lowest BCUT2D eigenvalue weighted by Crippen LogP contribution is -2.60. The molecule has 1 heterocycles. The predicted octanol–water partition coefficient (Wildman–Crippen LogP) is 20.8. The average Bonchev–Trinajstić information content (AvgIpc) is 3.69. The van der Waals surface area contributed by atoms with Gasteiger partial charge in [-0.15, -0.1) is 0 Å². The number of hydrogen-bond donors (Lipinski definition) is 6. The van der Waals surface area contributed by atoms with E-state index in [9.17, 15) is 30.3 Å². The number of rotatable bonds is 67. The molecule has 498 valence electrons. The highest BCUT2D eigenvalue weighted by Gasteiger charge is 2.44. The van der Waals surface area contributed by atoms with Crippen LogP contribution in [0.15, 0.2) is 24.3 Å². The molecule has 0 bridgehead atoms. The van der Waals surface area contributed by atoms with E-state index in [-0.39, 0.29) is 12.5 Å². The van der Waals surface area contributed by atoms with Crippen molar-refractivity contribution >= 4 is 5.91 Å². The number of carbonyl (C=O) groups is 1. The van der Waals surface area contributed by atoms with E-state index in [1.807, 2.05) is 6.08 Å². The number of hydrogen-bond acceptors (Lipinski definition) is 8. The first-order valence-electron chi connectivity index (χ1n) is 37.6. The zero-order valence-electron chi connectivity index (χ0n) is 55.9. The molecule has 9 nitrogen and oxygen atoms in total. The van der Waals surface area contributed by atoms with Crippen LogP contribution in [-0.4, -0.2) is 87.5 Å². The van der Waals surface area contributed by atoms with Crippen LogP contribution in [0.3, 0.4) is 0 Å². The lowest BCUT2D eigenvalue weighted by molar-refractivity contribution is -0.302. The van der Waals surface area contributed by atoms with Crippen LogP contribution in [0, 0.1) is 0 Å². The van der Waals surface area contributed by atoms with Gasteiger partial charge in [0.05, 0.1) is 25.4 Å². The summed E-state index contributed by atoms with van der Waals surface area (Å²) in [6.07, 6.45) is 79.0. The van der Waals surface area contributed by atoms with Gasteiger partial charge in [0.1, 0.15) is 24.4 Å². The minimum atomic E-state index is -1.57. The molecular formula is C75H145NO8. The summed E-state index contributed by atoms with van der Waals surface area (Å²) in [5.41, 5.74) is 0. The van der Waals surface area contributed by atoms with E-state index < -0.39 is 49.5 Å². The molecule has 1 aliphatic rings. The Hall–Kier alpha value is -1.33. The Bertz CT molecular complexity index is 1380. The third-order valence-corrected chi connectivity index (χ3v) is 18.3. The molecule has 6 N–H and O–H groups in total. The van der Waals surface area contributed by atoms with Gasteiger partial charge in [0.25, 0.3) is 0 Å². The van der Waals surface area contributed by atoms with Crippen LogP contribution in [-0.2, 0) is 14.3 Å². The van der Waals surface area contributed by atoms with Crippen molar-refractivity contribution in [1.82, 2.24) is 5.32 Å². The van der Waals surface area contributed by atoms with E-state index in [4.69, 9.17) is 9.47 Å². The van der Waals surface area contributed by atoms with Crippen LogP contribution >= 0.6 is 0 Å². The smallest absolute Gasteiger partial charge is 0.220 e. The Kier molecular flexibility index (Phi) is 62.1. The van der Waals surface area contributed by atoms with E-state index in [0.717, 1.165) is 38.5 Å². The number of carbonyl (C=O) groups excluding carboxylic acids is 1. The third kappa shape index (κ3) is 52.6. The minimum Gasteiger partial charge on any atom is -0.394 e. The highest BCUT2D eigenvalue weighted by molar-refractivity contribution is 5.76. The molecule has 0 aromatic heterocycles. The van der Waals surface area contributed by atoms with Crippen LogP contribution in [0.1, 0.15) is 393 Å². The summed E-state index contributed by atoms with van der Waals surface area (Å²) in [6, 6.07) is -0.820. The summed E-state index contributed by atoms with van der Waals surface area (Å²) >= 11 is 0. The summed E-state index contributed by atoms with van der Waals surface area (Å²) in [7, 11) is 0. The first-order valence-corrected chi connectivity index (χ1v) is 37.6. The maximum absolute atomic E-state index is 13.1. The van der Waals surface area contributed by atoms with E-state index in [2.05, 4.69) is 31.3 Å². The van der Waals surface area contributed by atoms with Gasteiger partial charge in [0.2, 0.25) is 5.91 Å². The molecule has 1 aliphatic heterocycles. The topological polar surface area (TPSA) is 149 Å². The minimum absolute atomic E-state index is 0.177. The molecule has 0 saturated carbocycles. The number of amides is 1. The highest BCUT2D eigenvalue weighted by Crippen LogP contribution is 2.24. The number of unbranched alkanes of at least 4 members (excludes halogenated alkanes) is 55. The van der Waals surface area contributed by atoms with Crippen molar-refractivity contribution in [3.8, 4) is 0 Å². The maximum Gasteiger partial charge on any atom is 0.220 e. The number of aliphatic hydroxyl groups excluding tert-OH is 5. The molecule has 0 aromatic carbocycles. The fourth-order valence-electron chi connectivity index (χ4n) is 12.4. The van der Waals surface area contributed by atoms with Crippen molar-refractivity contribution in [2.75, 3.05) is 13.2 Å². The third-order valence-electron chi connectivity index (χ3n) is 18.3. The van der Waals surface area contributed by atoms with Crippen molar-refractivity contribution in [1.29, 1.82) is 0 Å². The number of aliphatic hydroxyl groups is 5. The quantitative estimate of drug-likeness (QED) is 0.0261. The summed E-state index contributed by atoms with van der Waals surface area (Å²) < 4.78 is 11.3. The first kappa shape index (κ1) is 80.7. The van der Waals surface area contributed by atoms with Crippen molar-refractivity contribution in [2.45, 2.75) is 436 Å². The van der Waals surface area contributed by atoms with Crippen molar-refractivity contribution in [3.05, 3.63) is 24.3 Å². The van der Waals surface area contributed by atoms with Gasteiger partial charge in [-0.2, -0.15) is 0 Å². The molecule has 1 rings (SSSR count). The summed E-state index contributed by atoms with van der Waals surface area (Å²) in [5, 5.41) is 54.8. The van der Waals surface area contributed by atoms with Gasteiger partial charge in [-0.1, -0.05) is 378 Å². The summed E-state index contributed by atoms with van der Waals surface area (Å²) in [6.45, 7) is 3.83. The molecule has 0 radical (unpaired) electrons. The molecule has 1 saturated heterocycles. The number of allylic oxidation sites excluding steroid dienone is 3. The molecule has 7 atom stereocenters. The Morgan fingerprint density at radius 2 is 0.679 bits per heavy atom. The summed E-state index contributed by atoms with van der Waals surface area (Å²) in [5.74, 6) is -0.177. The largest absolute Gasteiger partial charge is 0.394 e. The monoisotopic (exact) mass is 1190 g/mol. The molecule has 1 fully saturated rings. The average molecular weight is 1190 g/mol. The molecular weight excluding hydrogens is 1040 g/mol. The standard InChI is InChI=1S/C75H145NO8/c1-3-5-7-9-11-13-15-17-19-21-23-25-27-28-29-30-31-32-33-34-35-36-37-38-39-40-41-43-45-47-49-51-53-55-57-59-61-63-65-71(79)76-68(67-83-75-74(82)73(81)72(80)70(66-77)84-75)69(78)64-62-60-58-56-54-52-50-48-46-44-42-26-24-22-20-18-16-14-12-10-8-6-4-2/h54,56,62,64,68-70,72-75,77-78,80-82H,3-53,55,57-61,63,65-67H2,1-2H3,(H,76,79)/b56-54+,64-62+.